The lowest BCUT2D eigenvalue weighted by atomic mass is 9.91. The van der Waals surface area contributed by atoms with Gasteiger partial charge < -0.3 is 4.90 Å². The van der Waals surface area contributed by atoms with E-state index in [0.717, 1.165) is 17.9 Å². The lowest BCUT2D eigenvalue weighted by molar-refractivity contribution is 0.388. The second-order valence-corrected chi connectivity index (χ2v) is 4.44. The monoisotopic (exact) mass is 225 g/mol. The molecule has 3 nitrogen and oxygen atoms in total. The summed E-state index contributed by atoms with van der Waals surface area (Å²) >= 11 is 5.82. The standard InChI is InChI=1S/C11H16ClN3/c1-9-7-11(14-13-8-9)15(6-5-12)10-3-2-4-10/h7-8,10H,2-6H2,1H3. The van der Waals surface area contributed by atoms with Gasteiger partial charge >= 0.3 is 0 Å². The van der Waals surface area contributed by atoms with Gasteiger partial charge in [-0.15, -0.1) is 16.7 Å². The molecule has 0 radical (unpaired) electrons. The normalized spacial score (nSPS) is 16.1. The number of alkyl halides is 1. The summed E-state index contributed by atoms with van der Waals surface area (Å²) in [6, 6.07) is 2.71. The van der Waals surface area contributed by atoms with Gasteiger partial charge in [0.05, 0.1) is 6.20 Å². The Hall–Kier alpha value is -0.830. The second kappa shape index (κ2) is 4.79. The third-order valence-electron chi connectivity index (χ3n) is 2.91. The lowest BCUT2D eigenvalue weighted by Crippen LogP contribution is -2.42. The van der Waals surface area contributed by atoms with E-state index in [2.05, 4.69) is 21.2 Å². The predicted octanol–water partition coefficient (Wildman–Crippen LogP) is 2.38. The molecule has 0 N–H and O–H groups in total. The van der Waals surface area contributed by atoms with E-state index < -0.39 is 0 Å². The van der Waals surface area contributed by atoms with Gasteiger partial charge in [0.25, 0.3) is 0 Å². The van der Waals surface area contributed by atoms with Crippen LogP contribution in [0.25, 0.3) is 0 Å². The topological polar surface area (TPSA) is 29.0 Å². The van der Waals surface area contributed by atoms with E-state index in [-0.39, 0.29) is 0 Å². The molecule has 1 saturated carbocycles. The minimum absolute atomic E-state index is 0.625. The Balaban J connectivity index is 2.15. The molecule has 0 saturated heterocycles. The highest BCUT2D eigenvalue weighted by atomic mass is 35.5. The molecule has 0 aromatic carbocycles. The number of aryl methyl sites for hydroxylation is 1. The Labute approximate surface area is 95.5 Å². The van der Waals surface area contributed by atoms with Crippen LogP contribution in [0.1, 0.15) is 24.8 Å². The van der Waals surface area contributed by atoms with E-state index in [1.54, 1.807) is 6.20 Å². The average molecular weight is 226 g/mol. The molecule has 1 aliphatic carbocycles. The SMILES string of the molecule is Cc1cnnc(N(CCCl)C2CCC2)c1. The molecule has 1 aromatic rings. The van der Waals surface area contributed by atoms with Crippen molar-refractivity contribution in [1.82, 2.24) is 10.2 Å². The van der Waals surface area contributed by atoms with Gasteiger partial charge in [0.1, 0.15) is 0 Å². The van der Waals surface area contributed by atoms with Crippen LogP contribution in [-0.2, 0) is 0 Å². The minimum atomic E-state index is 0.625. The Morgan fingerprint density at radius 1 is 1.53 bits per heavy atom. The number of aromatic nitrogens is 2. The van der Waals surface area contributed by atoms with Crippen molar-refractivity contribution >= 4 is 17.4 Å². The Kier molecular flexibility index (Phi) is 3.41. The highest BCUT2D eigenvalue weighted by Gasteiger charge is 2.25. The van der Waals surface area contributed by atoms with Gasteiger partial charge in [-0.3, -0.25) is 0 Å². The van der Waals surface area contributed by atoms with Crippen molar-refractivity contribution in [2.45, 2.75) is 32.2 Å². The molecule has 82 valence electrons. The third-order valence-corrected chi connectivity index (χ3v) is 3.08. The molecule has 1 aliphatic rings. The predicted molar refractivity (Wildman–Crippen MR) is 62.5 cm³/mol. The maximum absolute atomic E-state index is 5.82. The first-order valence-electron chi connectivity index (χ1n) is 5.43. The van der Waals surface area contributed by atoms with Crippen molar-refractivity contribution < 1.29 is 0 Å². The summed E-state index contributed by atoms with van der Waals surface area (Å²) in [4.78, 5) is 2.29. The lowest BCUT2D eigenvalue weighted by Gasteiger charge is -2.37. The molecule has 0 atom stereocenters. The number of halogens is 1. The molecular formula is C11H16ClN3. The van der Waals surface area contributed by atoms with E-state index >= 15 is 0 Å². The van der Waals surface area contributed by atoms with E-state index in [9.17, 15) is 0 Å². The number of hydrogen-bond donors (Lipinski definition) is 0. The summed E-state index contributed by atoms with van der Waals surface area (Å²) < 4.78 is 0. The van der Waals surface area contributed by atoms with Crippen LogP contribution in [0.3, 0.4) is 0 Å². The van der Waals surface area contributed by atoms with Crippen molar-refractivity contribution in [1.29, 1.82) is 0 Å². The van der Waals surface area contributed by atoms with Gasteiger partial charge in [-0.1, -0.05) is 0 Å². The number of rotatable bonds is 4. The minimum Gasteiger partial charge on any atom is -0.351 e. The van der Waals surface area contributed by atoms with Crippen LogP contribution in [0, 0.1) is 6.92 Å². The van der Waals surface area contributed by atoms with Gasteiger partial charge in [0, 0.05) is 18.5 Å². The maximum Gasteiger partial charge on any atom is 0.151 e. The summed E-state index contributed by atoms with van der Waals surface area (Å²) in [5.41, 5.74) is 1.15. The van der Waals surface area contributed by atoms with Crippen LogP contribution in [0.2, 0.25) is 0 Å². The quantitative estimate of drug-likeness (QED) is 0.737. The van der Waals surface area contributed by atoms with Crippen molar-refractivity contribution in [3.8, 4) is 0 Å². The van der Waals surface area contributed by atoms with Crippen LogP contribution in [0.5, 0.6) is 0 Å². The molecule has 15 heavy (non-hydrogen) atoms. The molecule has 0 amide bonds. The largest absolute Gasteiger partial charge is 0.351 e. The van der Waals surface area contributed by atoms with Crippen LogP contribution in [-0.4, -0.2) is 28.7 Å². The molecule has 2 rings (SSSR count). The first kappa shape index (κ1) is 10.7. The molecule has 0 spiro atoms. The van der Waals surface area contributed by atoms with Crippen molar-refractivity contribution in [3.05, 3.63) is 17.8 Å². The summed E-state index contributed by atoms with van der Waals surface area (Å²) in [5.74, 6) is 1.62. The van der Waals surface area contributed by atoms with Gasteiger partial charge in [0.2, 0.25) is 0 Å². The van der Waals surface area contributed by atoms with E-state index in [1.807, 2.05) is 6.92 Å². The fourth-order valence-corrected chi connectivity index (χ4v) is 2.04. The summed E-state index contributed by atoms with van der Waals surface area (Å²) in [5, 5.41) is 8.17. The van der Waals surface area contributed by atoms with Gasteiger partial charge in [-0.25, -0.2) is 0 Å². The first-order valence-corrected chi connectivity index (χ1v) is 5.96. The Bertz CT molecular complexity index is 325. The van der Waals surface area contributed by atoms with Crippen LogP contribution >= 0.6 is 11.6 Å². The number of nitrogens with zero attached hydrogens (tertiary/aromatic N) is 3. The highest BCUT2D eigenvalue weighted by Crippen LogP contribution is 2.28. The molecule has 1 fully saturated rings. The van der Waals surface area contributed by atoms with Gasteiger partial charge in [0.15, 0.2) is 5.82 Å². The van der Waals surface area contributed by atoms with E-state index in [1.165, 1.54) is 19.3 Å². The smallest absolute Gasteiger partial charge is 0.151 e. The van der Waals surface area contributed by atoms with Crippen molar-refractivity contribution in [2.24, 2.45) is 0 Å². The summed E-state index contributed by atoms with van der Waals surface area (Å²) in [6.07, 6.45) is 5.62. The number of anilines is 1. The zero-order valence-electron chi connectivity index (χ0n) is 8.99. The van der Waals surface area contributed by atoms with Crippen LogP contribution < -0.4 is 4.90 Å². The molecule has 0 unspecified atom stereocenters. The fourth-order valence-electron chi connectivity index (χ4n) is 1.86. The van der Waals surface area contributed by atoms with Gasteiger partial charge in [-0.05, 0) is 37.8 Å². The van der Waals surface area contributed by atoms with Crippen molar-refractivity contribution in [3.63, 3.8) is 0 Å². The molecule has 1 aromatic heterocycles. The number of hydrogen-bond acceptors (Lipinski definition) is 3. The molecule has 0 bridgehead atoms. The average Bonchev–Trinajstić information content (AvgIpc) is 2.14. The Morgan fingerprint density at radius 3 is 2.87 bits per heavy atom. The third kappa shape index (κ3) is 2.40. The van der Waals surface area contributed by atoms with Crippen LogP contribution in [0.4, 0.5) is 5.82 Å². The molecular weight excluding hydrogens is 210 g/mol. The van der Waals surface area contributed by atoms with E-state index in [4.69, 9.17) is 11.6 Å². The zero-order valence-corrected chi connectivity index (χ0v) is 9.74. The summed E-state index contributed by atoms with van der Waals surface area (Å²) in [6.45, 7) is 2.90. The summed E-state index contributed by atoms with van der Waals surface area (Å²) in [7, 11) is 0. The first-order chi connectivity index (χ1) is 7.31. The van der Waals surface area contributed by atoms with Gasteiger partial charge in [-0.2, -0.15) is 5.10 Å². The second-order valence-electron chi connectivity index (χ2n) is 4.06. The molecule has 4 heteroatoms. The van der Waals surface area contributed by atoms with Crippen LogP contribution in [0.15, 0.2) is 12.3 Å². The maximum atomic E-state index is 5.82. The fraction of sp³-hybridized carbons (Fsp3) is 0.636. The highest BCUT2D eigenvalue weighted by molar-refractivity contribution is 6.18. The Morgan fingerprint density at radius 2 is 2.33 bits per heavy atom. The van der Waals surface area contributed by atoms with Crippen molar-refractivity contribution in [2.75, 3.05) is 17.3 Å². The molecule has 0 aliphatic heterocycles. The zero-order chi connectivity index (χ0) is 10.7. The van der Waals surface area contributed by atoms with E-state index in [0.29, 0.717) is 11.9 Å². The molecule has 1 heterocycles.